The summed E-state index contributed by atoms with van der Waals surface area (Å²) < 4.78 is 5.15. The zero-order valence-electron chi connectivity index (χ0n) is 7.09. The summed E-state index contributed by atoms with van der Waals surface area (Å²) in [5.74, 6) is -1.03. The molecule has 0 saturated carbocycles. The average Bonchev–Trinajstić information content (AvgIpc) is 1.59. The number of ether oxygens (including phenoxy) is 1. The van der Waals surface area contributed by atoms with E-state index in [0.29, 0.717) is 0 Å². The van der Waals surface area contributed by atoms with Gasteiger partial charge < -0.3 is 9.84 Å². The number of allylic oxidation sites excluding steroid dienone is 1. The van der Waals surface area contributed by atoms with Crippen LogP contribution in [0.5, 0.6) is 0 Å². The molecule has 2 nitrogen and oxygen atoms in total. The zero-order valence-corrected chi connectivity index (χ0v) is 7.09. The molecule has 0 radical (unpaired) electrons. The molecule has 0 bridgehead atoms. The molecule has 10 heavy (non-hydrogen) atoms. The summed E-state index contributed by atoms with van der Waals surface area (Å²) in [6, 6.07) is 0. The zero-order chi connectivity index (χ0) is 8.20. The van der Waals surface area contributed by atoms with E-state index >= 15 is 0 Å². The highest BCUT2D eigenvalue weighted by molar-refractivity contribution is 4.84. The number of aliphatic hydroxyl groups is 1. The van der Waals surface area contributed by atoms with Crippen molar-refractivity contribution in [2.75, 3.05) is 0 Å². The van der Waals surface area contributed by atoms with Gasteiger partial charge in [0.15, 0.2) is 5.79 Å². The van der Waals surface area contributed by atoms with Crippen LogP contribution < -0.4 is 0 Å². The number of hydrogen-bond acceptors (Lipinski definition) is 2. The predicted molar refractivity (Wildman–Crippen MR) is 41.7 cm³/mol. The van der Waals surface area contributed by atoms with Gasteiger partial charge in [0.2, 0.25) is 0 Å². The van der Waals surface area contributed by atoms with Crippen LogP contribution in [0.3, 0.4) is 0 Å². The number of hydrogen-bond donors (Lipinski definition) is 1. The molecule has 0 heterocycles. The van der Waals surface area contributed by atoms with E-state index in [9.17, 15) is 0 Å². The molecule has 0 aromatic carbocycles. The van der Waals surface area contributed by atoms with Crippen LogP contribution in [0.25, 0.3) is 0 Å². The van der Waals surface area contributed by atoms with Crippen molar-refractivity contribution in [3.8, 4) is 0 Å². The highest BCUT2D eigenvalue weighted by Gasteiger charge is 2.14. The normalized spacial score (nSPS) is 16.1. The number of rotatable bonds is 3. The first kappa shape index (κ1) is 9.66. The van der Waals surface area contributed by atoms with E-state index in [1.807, 2.05) is 26.0 Å². The van der Waals surface area contributed by atoms with Crippen molar-refractivity contribution in [2.24, 2.45) is 0 Å². The van der Waals surface area contributed by atoms with Crippen LogP contribution in [0.2, 0.25) is 0 Å². The van der Waals surface area contributed by atoms with Gasteiger partial charge in [0, 0.05) is 0 Å². The maximum atomic E-state index is 9.16. The molecular weight excluding hydrogens is 128 g/mol. The van der Waals surface area contributed by atoms with Crippen LogP contribution >= 0.6 is 0 Å². The smallest absolute Gasteiger partial charge is 0.160 e. The van der Waals surface area contributed by atoms with Gasteiger partial charge in [-0.1, -0.05) is 12.2 Å². The van der Waals surface area contributed by atoms with Gasteiger partial charge in [-0.05, 0) is 27.7 Å². The van der Waals surface area contributed by atoms with Crippen molar-refractivity contribution in [3.63, 3.8) is 0 Å². The monoisotopic (exact) mass is 144 g/mol. The molecule has 0 aliphatic heterocycles. The second-order valence-corrected chi connectivity index (χ2v) is 2.80. The Morgan fingerprint density at radius 2 is 2.00 bits per heavy atom. The quantitative estimate of drug-likeness (QED) is 0.482. The summed E-state index contributed by atoms with van der Waals surface area (Å²) in [6.07, 6.45) is 3.76. The van der Waals surface area contributed by atoms with Gasteiger partial charge in [-0.15, -0.1) is 0 Å². The first-order chi connectivity index (χ1) is 4.45. The van der Waals surface area contributed by atoms with E-state index in [-0.39, 0.29) is 6.10 Å². The summed E-state index contributed by atoms with van der Waals surface area (Å²) in [4.78, 5) is 0. The molecule has 2 heteroatoms. The maximum Gasteiger partial charge on any atom is 0.160 e. The summed E-state index contributed by atoms with van der Waals surface area (Å²) in [6.45, 7) is 7.04. The molecular formula is C8H16O2. The Morgan fingerprint density at radius 3 is 2.30 bits per heavy atom. The molecule has 0 fully saturated rings. The summed E-state index contributed by atoms with van der Waals surface area (Å²) in [5, 5.41) is 9.16. The molecule has 0 spiro atoms. The molecule has 0 aromatic heterocycles. The SMILES string of the molecule is C/C=C\[C@H](C)OC(C)(C)O. The second-order valence-electron chi connectivity index (χ2n) is 2.80. The van der Waals surface area contributed by atoms with Crippen molar-refractivity contribution in [1.82, 2.24) is 0 Å². The van der Waals surface area contributed by atoms with Crippen molar-refractivity contribution in [2.45, 2.75) is 39.6 Å². The predicted octanol–water partition coefficient (Wildman–Crippen LogP) is 1.70. The Bertz CT molecular complexity index is 111. The second kappa shape index (κ2) is 3.74. The third-order valence-electron chi connectivity index (χ3n) is 0.938. The lowest BCUT2D eigenvalue weighted by Crippen LogP contribution is -2.27. The standard InChI is InChI=1S/C8H16O2/c1-5-6-7(2)10-8(3,4)9/h5-7,9H,1-4H3/b6-5-/t7-/m0/s1. The van der Waals surface area contributed by atoms with Gasteiger partial charge in [0.05, 0.1) is 6.10 Å². The van der Waals surface area contributed by atoms with Gasteiger partial charge >= 0.3 is 0 Å². The molecule has 0 amide bonds. The third-order valence-corrected chi connectivity index (χ3v) is 0.938. The first-order valence-corrected chi connectivity index (χ1v) is 3.48. The van der Waals surface area contributed by atoms with Gasteiger partial charge in [-0.3, -0.25) is 0 Å². The highest BCUT2D eigenvalue weighted by atomic mass is 16.6. The molecule has 1 atom stereocenters. The Labute approximate surface area is 62.5 Å². The van der Waals surface area contributed by atoms with Crippen molar-refractivity contribution < 1.29 is 9.84 Å². The van der Waals surface area contributed by atoms with Crippen LogP contribution in [0, 0.1) is 0 Å². The fraction of sp³-hybridized carbons (Fsp3) is 0.750. The van der Waals surface area contributed by atoms with Crippen molar-refractivity contribution in [1.29, 1.82) is 0 Å². The highest BCUT2D eigenvalue weighted by Crippen LogP contribution is 2.07. The lowest BCUT2D eigenvalue weighted by molar-refractivity contribution is -0.190. The van der Waals surface area contributed by atoms with E-state index in [1.54, 1.807) is 13.8 Å². The Kier molecular flexibility index (Phi) is 3.61. The van der Waals surface area contributed by atoms with Crippen molar-refractivity contribution >= 4 is 0 Å². The average molecular weight is 144 g/mol. The summed E-state index contributed by atoms with van der Waals surface area (Å²) >= 11 is 0. The molecule has 0 saturated heterocycles. The lowest BCUT2D eigenvalue weighted by Gasteiger charge is -2.21. The van der Waals surface area contributed by atoms with Crippen LogP contribution in [0.4, 0.5) is 0 Å². The van der Waals surface area contributed by atoms with Crippen LogP contribution in [0.1, 0.15) is 27.7 Å². The molecule has 0 aliphatic carbocycles. The molecule has 1 N–H and O–H groups in total. The minimum absolute atomic E-state index is 0.0231. The fourth-order valence-corrected chi connectivity index (χ4v) is 0.765. The van der Waals surface area contributed by atoms with E-state index < -0.39 is 5.79 Å². The first-order valence-electron chi connectivity index (χ1n) is 3.48. The summed E-state index contributed by atoms with van der Waals surface area (Å²) in [7, 11) is 0. The minimum Gasteiger partial charge on any atom is -0.366 e. The van der Waals surface area contributed by atoms with E-state index in [1.165, 1.54) is 0 Å². The minimum atomic E-state index is -1.03. The topological polar surface area (TPSA) is 29.5 Å². The Balaban J connectivity index is 3.68. The van der Waals surface area contributed by atoms with Crippen LogP contribution in [0.15, 0.2) is 12.2 Å². The summed E-state index contributed by atoms with van der Waals surface area (Å²) in [5.41, 5.74) is 0. The van der Waals surface area contributed by atoms with Gasteiger partial charge in [-0.25, -0.2) is 0 Å². The Morgan fingerprint density at radius 1 is 1.50 bits per heavy atom. The molecule has 0 aliphatic rings. The van der Waals surface area contributed by atoms with Crippen LogP contribution in [-0.4, -0.2) is 17.0 Å². The molecule has 0 rings (SSSR count). The largest absolute Gasteiger partial charge is 0.366 e. The fourth-order valence-electron chi connectivity index (χ4n) is 0.765. The van der Waals surface area contributed by atoms with Gasteiger partial charge in [-0.2, -0.15) is 0 Å². The maximum absolute atomic E-state index is 9.16. The van der Waals surface area contributed by atoms with Crippen LogP contribution in [-0.2, 0) is 4.74 Å². The lowest BCUT2D eigenvalue weighted by atomic mass is 10.3. The third kappa shape index (κ3) is 5.79. The van der Waals surface area contributed by atoms with E-state index in [0.717, 1.165) is 0 Å². The molecule has 60 valence electrons. The van der Waals surface area contributed by atoms with E-state index in [4.69, 9.17) is 9.84 Å². The Hall–Kier alpha value is -0.340. The molecule has 0 unspecified atom stereocenters. The van der Waals surface area contributed by atoms with Crippen molar-refractivity contribution in [3.05, 3.63) is 12.2 Å². The van der Waals surface area contributed by atoms with E-state index in [2.05, 4.69) is 0 Å². The van der Waals surface area contributed by atoms with Gasteiger partial charge in [0.1, 0.15) is 0 Å². The molecule has 0 aromatic rings. The van der Waals surface area contributed by atoms with Gasteiger partial charge in [0.25, 0.3) is 0 Å².